The fourth-order valence-corrected chi connectivity index (χ4v) is 5.63. The van der Waals surface area contributed by atoms with Gasteiger partial charge in [-0.15, -0.1) is 0 Å². The largest absolute Gasteiger partial charge is 0.344 e. The minimum Gasteiger partial charge on any atom is -0.344 e. The number of hydrogen-bond donors (Lipinski definition) is 2. The van der Waals surface area contributed by atoms with Crippen molar-refractivity contribution in [3.63, 3.8) is 0 Å². The molecule has 2 aliphatic rings. The van der Waals surface area contributed by atoms with Crippen LogP contribution in [0.2, 0.25) is 0 Å². The van der Waals surface area contributed by atoms with Crippen LogP contribution in [0.5, 0.6) is 0 Å². The van der Waals surface area contributed by atoms with E-state index < -0.39 is 0 Å². The quantitative estimate of drug-likeness (QED) is 0.409. The van der Waals surface area contributed by atoms with Crippen LogP contribution in [0.3, 0.4) is 0 Å². The van der Waals surface area contributed by atoms with E-state index in [1.807, 2.05) is 30.3 Å². The van der Waals surface area contributed by atoms with Gasteiger partial charge in [0.15, 0.2) is 5.69 Å². The third kappa shape index (κ3) is 4.76. The average Bonchev–Trinajstić information content (AvgIpc) is 3.54. The summed E-state index contributed by atoms with van der Waals surface area (Å²) in [7, 11) is 0. The predicted molar refractivity (Wildman–Crippen MR) is 135 cm³/mol. The molecule has 1 saturated carbocycles. The Hall–Kier alpha value is -3.94. The highest BCUT2D eigenvalue weighted by atomic mass is 19.1. The van der Waals surface area contributed by atoms with Gasteiger partial charge in [-0.25, -0.2) is 9.02 Å². The summed E-state index contributed by atoms with van der Waals surface area (Å²) in [6, 6.07) is 15.9. The third-order valence-electron chi connectivity index (χ3n) is 7.65. The van der Waals surface area contributed by atoms with Gasteiger partial charge in [-0.2, -0.15) is 0 Å². The summed E-state index contributed by atoms with van der Waals surface area (Å²) in [4.78, 5) is 17.6. The molecule has 0 radical (unpaired) electrons. The lowest BCUT2D eigenvalue weighted by Gasteiger charge is -2.40. The zero-order valence-corrected chi connectivity index (χ0v) is 20.0. The summed E-state index contributed by atoms with van der Waals surface area (Å²) < 4.78 is 17.9. The molecule has 2 aliphatic carbocycles. The van der Waals surface area contributed by atoms with E-state index in [0.717, 1.165) is 37.0 Å². The average molecular weight is 486 g/mol. The number of hydrogen-bond acceptors (Lipinski definition) is 6. The number of nitrogens with one attached hydrogen (secondary N) is 2. The molecule has 2 aromatic carbocycles. The van der Waals surface area contributed by atoms with Gasteiger partial charge in [0.05, 0.1) is 11.7 Å². The Morgan fingerprint density at radius 1 is 1.28 bits per heavy atom. The lowest BCUT2D eigenvalue weighted by Crippen LogP contribution is -2.37. The van der Waals surface area contributed by atoms with Gasteiger partial charge in [0.2, 0.25) is 0 Å². The Bertz CT molecular complexity index is 1290. The van der Waals surface area contributed by atoms with Gasteiger partial charge >= 0.3 is 0 Å². The van der Waals surface area contributed by atoms with E-state index in [9.17, 15) is 9.18 Å². The van der Waals surface area contributed by atoms with Crippen molar-refractivity contribution < 1.29 is 13.8 Å². The maximum atomic E-state index is 13.3. The van der Waals surface area contributed by atoms with Crippen molar-refractivity contribution in [2.75, 3.05) is 0 Å². The van der Waals surface area contributed by atoms with Crippen molar-refractivity contribution in [2.24, 2.45) is 22.2 Å². The van der Waals surface area contributed by atoms with Gasteiger partial charge in [-0.05, 0) is 78.1 Å². The number of amides is 1. The second-order valence-electron chi connectivity index (χ2n) is 9.78. The van der Waals surface area contributed by atoms with Crippen molar-refractivity contribution in [1.82, 2.24) is 15.6 Å². The summed E-state index contributed by atoms with van der Waals surface area (Å²) in [5.74, 6) is -0.440. The van der Waals surface area contributed by atoms with E-state index in [2.05, 4.69) is 33.3 Å². The Kier molecular flexibility index (Phi) is 6.59. The highest BCUT2D eigenvalue weighted by Gasteiger charge is 2.47. The number of aliphatic imine (C=N–C) groups is 1. The molecule has 4 atom stereocenters. The minimum absolute atomic E-state index is 0.114. The van der Waals surface area contributed by atoms with Gasteiger partial charge < -0.3 is 10.7 Å². The molecule has 4 unspecified atom stereocenters. The molecule has 0 aliphatic heterocycles. The van der Waals surface area contributed by atoms with Crippen LogP contribution < -0.4 is 5.32 Å². The van der Waals surface area contributed by atoms with Crippen LogP contribution in [0, 0.1) is 28.5 Å². The van der Waals surface area contributed by atoms with Crippen LogP contribution in [0.25, 0.3) is 0 Å². The number of nitrogens with zero attached hydrogens (tertiary/aromatic N) is 3. The number of carbonyl (C=O) groups is 1. The van der Waals surface area contributed by atoms with Gasteiger partial charge in [0.25, 0.3) is 5.91 Å². The number of fused-ring (bicyclic) bond motifs is 1. The second kappa shape index (κ2) is 9.97. The Balaban J connectivity index is 1.41. The molecule has 184 valence electrons. The zero-order chi connectivity index (χ0) is 25.1. The van der Waals surface area contributed by atoms with E-state index in [-0.39, 0.29) is 34.8 Å². The predicted octanol–water partition coefficient (Wildman–Crippen LogP) is 5.85. The summed E-state index contributed by atoms with van der Waals surface area (Å²) in [5, 5.41) is 18.5. The summed E-state index contributed by atoms with van der Waals surface area (Å²) in [6.07, 6.45) is 8.37. The summed E-state index contributed by atoms with van der Waals surface area (Å²) in [5.41, 5.74) is 3.92. The normalized spacial score (nSPS) is 25.2. The van der Waals surface area contributed by atoms with E-state index in [0.29, 0.717) is 11.6 Å². The van der Waals surface area contributed by atoms with Crippen LogP contribution in [-0.4, -0.2) is 28.1 Å². The van der Waals surface area contributed by atoms with Gasteiger partial charge in [-0.1, -0.05) is 48.0 Å². The maximum absolute atomic E-state index is 13.3. The first-order valence-corrected chi connectivity index (χ1v) is 12.2. The molecule has 0 bridgehead atoms. The topological polar surface area (TPSA) is 104 Å². The highest BCUT2D eigenvalue weighted by Crippen LogP contribution is 2.56. The first-order valence-electron chi connectivity index (χ1n) is 12.2. The van der Waals surface area contributed by atoms with Gasteiger partial charge in [0.1, 0.15) is 12.0 Å². The van der Waals surface area contributed by atoms with Crippen molar-refractivity contribution in [2.45, 2.75) is 38.6 Å². The zero-order valence-electron chi connectivity index (χ0n) is 20.0. The van der Waals surface area contributed by atoms with E-state index in [1.165, 1.54) is 30.1 Å². The molecule has 1 aromatic heterocycles. The first kappa shape index (κ1) is 23.8. The summed E-state index contributed by atoms with van der Waals surface area (Å²) >= 11 is 0. The number of carbonyl (C=O) groups excluding carboxylic acids is 1. The van der Waals surface area contributed by atoms with Crippen LogP contribution in [0.4, 0.5) is 10.1 Å². The Morgan fingerprint density at radius 3 is 2.75 bits per heavy atom. The SMILES string of the molecule is CC12CC(C=N)C(=Nc3ccc(F)cc3)C=C1CCC2CC(NC(=O)c1cnon1)c1ccccc1. The molecule has 1 fully saturated rings. The monoisotopic (exact) mass is 485 g/mol. The molecule has 0 spiro atoms. The number of aromatic nitrogens is 2. The van der Waals surface area contributed by atoms with Crippen molar-refractivity contribution in [3.05, 3.63) is 89.5 Å². The van der Waals surface area contributed by atoms with E-state index in [4.69, 9.17) is 10.4 Å². The summed E-state index contributed by atoms with van der Waals surface area (Å²) in [6.45, 7) is 2.27. The molecule has 3 aromatic rings. The fraction of sp³-hybridized carbons (Fsp3) is 0.321. The lowest BCUT2D eigenvalue weighted by molar-refractivity contribution is 0.0912. The molecule has 1 amide bonds. The minimum atomic E-state index is -0.321. The lowest BCUT2D eigenvalue weighted by atomic mass is 9.65. The highest BCUT2D eigenvalue weighted by molar-refractivity contribution is 6.08. The number of rotatable bonds is 7. The Morgan fingerprint density at radius 2 is 2.06 bits per heavy atom. The van der Waals surface area contributed by atoms with Gasteiger partial charge in [-0.3, -0.25) is 9.79 Å². The number of benzene rings is 2. The molecular weight excluding hydrogens is 457 g/mol. The molecule has 2 N–H and O–H groups in total. The smallest absolute Gasteiger partial charge is 0.275 e. The number of allylic oxidation sites excluding steroid dienone is 2. The fourth-order valence-electron chi connectivity index (χ4n) is 5.63. The molecular formula is C28H28FN5O2. The van der Waals surface area contributed by atoms with Crippen molar-refractivity contribution >= 4 is 23.5 Å². The van der Waals surface area contributed by atoms with Crippen LogP contribution in [0.15, 0.2) is 82.1 Å². The standard InChI is InChI=1S/C28H28FN5O2/c1-28-15-19(16-30)25(32-23-11-9-22(29)10-12-23)14-21(28)8-7-20(28)13-24(18-5-3-2-4-6-18)33-27(35)26-17-31-36-34-26/h2-6,9-12,14,16-17,19-20,24,30H,7-8,13,15H2,1H3,(H,33,35). The van der Waals surface area contributed by atoms with Gasteiger partial charge in [0, 0.05) is 17.8 Å². The van der Waals surface area contributed by atoms with Crippen LogP contribution >= 0.6 is 0 Å². The molecule has 0 saturated heterocycles. The van der Waals surface area contributed by atoms with Crippen LogP contribution in [-0.2, 0) is 0 Å². The molecule has 7 nitrogen and oxygen atoms in total. The van der Waals surface area contributed by atoms with Crippen molar-refractivity contribution in [1.29, 1.82) is 5.41 Å². The molecule has 36 heavy (non-hydrogen) atoms. The Labute approximate surface area is 209 Å². The van der Waals surface area contributed by atoms with Crippen LogP contribution in [0.1, 0.15) is 54.7 Å². The molecule has 1 heterocycles. The third-order valence-corrected chi connectivity index (χ3v) is 7.65. The van der Waals surface area contributed by atoms with E-state index >= 15 is 0 Å². The van der Waals surface area contributed by atoms with E-state index in [1.54, 1.807) is 12.1 Å². The molecule has 5 rings (SSSR count). The second-order valence-corrected chi connectivity index (χ2v) is 9.78. The van der Waals surface area contributed by atoms with Crippen molar-refractivity contribution in [3.8, 4) is 0 Å². The first-order chi connectivity index (χ1) is 17.5. The molecule has 8 heteroatoms. The number of halogens is 1. The maximum Gasteiger partial charge on any atom is 0.275 e.